The molecule has 0 saturated carbocycles. The fourth-order valence-corrected chi connectivity index (χ4v) is 1.37. The molecule has 3 heteroatoms. The average Bonchev–Trinajstić information content (AvgIpc) is 2.25. The lowest BCUT2D eigenvalue weighted by Gasteiger charge is -2.14. The molecule has 15 heavy (non-hydrogen) atoms. The predicted molar refractivity (Wildman–Crippen MR) is 57.8 cm³/mol. The van der Waals surface area contributed by atoms with Gasteiger partial charge in [-0.25, -0.2) is 4.39 Å². The Labute approximate surface area is 89.9 Å². The molecule has 0 amide bonds. The van der Waals surface area contributed by atoms with E-state index < -0.39 is 0 Å². The number of halogens is 1. The molecule has 0 heterocycles. The normalized spacial score (nSPS) is 10.3. The van der Waals surface area contributed by atoms with Gasteiger partial charge < -0.3 is 4.90 Å². The van der Waals surface area contributed by atoms with Crippen molar-refractivity contribution in [2.24, 2.45) is 0 Å². The molecule has 1 aromatic rings. The van der Waals surface area contributed by atoms with Crippen LogP contribution < -0.4 is 0 Å². The summed E-state index contributed by atoms with van der Waals surface area (Å²) in [5.41, 5.74) is 0.737. The van der Waals surface area contributed by atoms with Gasteiger partial charge in [0.15, 0.2) is 0 Å². The van der Waals surface area contributed by atoms with Crippen molar-refractivity contribution >= 4 is 0 Å². The highest BCUT2D eigenvalue weighted by molar-refractivity contribution is 5.17. The lowest BCUT2D eigenvalue weighted by Crippen LogP contribution is -2.22. The number of nitriles is 1. The maximum atomic E-state index is 13.2. The second-order valence-corrected chi connectivity index (χ2v) is 3.55. The standard InChI is InChI=1S/C12H15FN2/c1-15(9-4-8-14)10-7-11-5-2-3-6-12(11)13/h2-3,5-6H,4,7,9-10H2,1H3. The molecule has 0 saturated heterocycles. The summed E-state index contributed by atoms with van der Waals surface area (Å²) in [4.78, 5) is 2.04. The highest BCUT2D eigenvalue weighted by atomic mass is 19.1. The second kappa shape index (κ2) is 6.15. The number of nitrogens with zero attached hydrogens (tertiary/aromatic N) is 2. The Morgan fingerprint density at radius 1 is 1.33 bits per heavy atom. The van der Waals surface area contributed by atoms with E-state index in [-0.39, 0.29) is 5.82 Å². The van der Waals surface area contributed by atoms with Crippen molar-refractivity contribution in [1.29, 1.82) is 5.26 Å². The molecule has 0 aromatic heterocycles. The van der Waals surface area contributed by atoms with Crippen LogP contribution in [0.2, 0.25) is 0 Å². The van der Waals surface area contributed by atoms with Crippen molar-refractivity contribution in [1.82, 2.24) is 4.90 Å². The molecular weight excluding hydrogens is 191 g/mol. The molecular formula is C12H15FN2. The van der Waals surface area contributed by atoms with Gasteiger partial charge in [0.25, 0.3) is 0 Å². The van der Waals surface area contributed by atoms with Crippen LogP contribution in [0.15, 0.2) is 24.3 Å². The summed E-state index contributed by atoms with van der Waals surface area (Å²) in [7, 11) is 1.94. The summed E-state index contributed by atoms with van der Waals surface area (Å²) in [5, 5.41) is 8.41. The summed E-state index contributed by atoms with van der Waals surface area (Å²) in [6.45, 7) is 1.52. The third kappa shape index (κ3) is 4.09. The first-order chi connectivity index (χ1) is 7.24. The summed E-state index contributed by atoms with van der Waals surface area (Å²) >= 11 is 0. The fourth-order valence-electron chi connectivity index (χ4n) is 1.37. The van der Waals surface area contributed by atoms with Crippen LogP contribution in [-0.4, -0.2) is 25.0 Å². The topological polar surface area (TPSA) is 27.0 Å². The van der Waals surface area contributed by atoms with Crippen LogP contribution >= 0.6 is 0 Å². The molecule has 0 aliphatic carbocycles. The molecule has 0 unspecified atom stereocenters. The molecule has 1 aromatic carbocycles. The molecule has 0 bridgehead atoms. The van der Waals surface area contributed by atoms with Gasteiger partial charge in [0.1, 0.15) is 5.82 Å². The van der Waals surface area contributed by atoms with E-state index in [0.717, 1.165) is 18.7 Å². The van der Waals surface area contributed by atoms with Crippen LogP contribution in [0.4, 0.5) is 4.39 Å². The largest absolute Gasteiger partial charge is 0.305 e. The quantitative estimate of drug-likeness (QED) is 0.738. The zero-order chi connectivity index (χ0) is 11.1. The Hall–Kier alpha value is -1.40. The van der Waals surface area contributed by atoms with Gasteiger partial charge in [-0.15, -0.1) is 0 Å². The summed E-state index contributed by atoms with van der Waals surface area (Å²) in [6.07, 6.45) is 1.21. The number of benzene rings is 1. The van der Waals surface area contributed by atoms with Crippen LogP contribution in [0, 0.1) is 17.1 Å². The summed E-state index contributed by atoms with van der Waals surface area (Å²) in [6, 6.07) is 8.90. The first kappa shape index (κ1) is 11.7. The van der Waals surface area contributed by atoms with Gasteiger partial charge in [-0.1, -0.05) is 18.2 Å². The highest BCUT2D eigenvalue weighted by Crippen LogP contribution is 2.07. The van der Waals surface area contributed by atoms with Crippen LogP contribution in [-0.2, 0) is 6.42 Å². The van der Waals surface area contributed by atoms with Gasteiger partial charge in [0, 0.05) is 19.5 Å². The molecule has 0 atom stereocenters. The van der Waals surface area contributed by atoms with E-state index >= 15 is 0 Å². The molecule has 2 nitrogen and oxygen atoms in total. The fraction of sp³-hybridized carbons (Fsp3) is 0.417. The molecule has 0 radical (unpaired) electrons. The summed E-state index contributed by atoms with van der Waals surface area (Å²) < 4.78 is 13.2. The van der Waals surface area contributed by atoms with Crippen molar-refractivity contribution in [3.05, 3.63) is 35.6 Å². The van der Waals surface area contributed by atoms with E-state index in [1.807, 2.05) is 18.0 Å². The number of likely N-dealkylation sites (N-methyl/N-ethyl adjacent to an activating group) is 1. The number of rotatable bonds is 5. The van der Waals surface area contributed by atoms with Gasteiger partial charge in [0.05, 0.1) is 6.07 Å². The zero-order valence-electron chi connectivity index (χ0n) is 8.91. The van der Waals surface area contributed by atoms with Crippen LogP contribution in [0.1, 0.15) is 12.0 Å². The minimum Gasteiger partial charge on any atom is -0.305 e. The Balaban J connectivity index is 2.37. The SMILES string of the molecule is CN(CCC#N)CCc1ccccc1F. The summed E-state index contributed by atoms with van der Waals surface area (Å²) in [5.74, 6) is -0.147. The molecule has 0 spiro atoms. The Morgan fingerprint density at radius 2 is 2.07 bits per heavy atom. The molecule has 0 aliphatic heterocycles. The maximum absolute atomic E-state index is 13.2. The van der Waals surface area contributed by atoms with Gasteiger partial charge in [-0.05, 0) is 25.1 Å². The first-order valence-corrected chi connectivity index (χ1v) is 5.03. The van der Waals surface area contributed by atoms with Crippen LogP contribution in [0.25, 0.3) is 0 Å². The van der Waals surface area contributed by atoms with Crippen molar-refractivity contribution < 1.29 is 4.39 Å². The van der Waals surface area contributed by atoms with Crippen LogP contribution in [0.5, 0.6) is 0 Å². The molecule has 0 N–H and O–H groups in total. The van der Waals surface area contributed by atoms with E-state index in [1.165, 1.54) is 6.07 Å². The van der Waals surface area contributed by atoms with Crippen molar-refractivity contribution in [3.8, 4) is 6.07 Å². The number of hydrogen-bond donors (Lipinski definition) is 0. The smallest absolute Gasteiger partial charge is 0.126 e. The monoisotopic (exact) mass is 206 g/mol. The Kier molecular flexibility index (Phi) is 4.79. The molecule has 80 valence electrons. The third-order valence-corrected chi connectivity index (χ3v) is 2.33. The molecule has 0 aliphatic rings. The van der Waals surface area contributed by atoms with Crippen molar-refractivity contribution in [2.75, 3.05) is 20.1 Å². The van der Waals surface area contributed by atoms with Gasteiger partial charge >= 0.3 is 0 Å². The highest BCUT2D eigenvalue weighted by Gasteiger charge is 2.02. The van der Waals surface area contributed by atoms with E-state index in [4.69, 9.17) is 5.26 Å². The molecule has 0 fully saturated rings. The third-order valence-electron chi connectivity index (χ3n) is 2.33. The predicted octanol–water partition coefficient (Wildman–Crippen LogP) is 2.21. The minimum atomic E-state index is -0.147. The average molecular weight is 206 g/mol. The Morgan fingerprint density at radius 3 is 2.73 bits per heavy atom. The second-order valence-electron chi connectivity index (χ2n) is 3.55. The minimum absolute atomic E-state index is 0.147. The van der Waals surface area contributed by atoms with Gasteiger partial charge in [0.2, 0.25) is 0 Å². The van der Waals surface area contributed by atoms with Gasteiger partial charge in [-0.2, -0.15) is 5.26 Å². The molecule has 1 rings (SSSR count). The number of hydrogen-bond acceptors (Lipinski definition) is 2. The van der Waals surface area contributed by atoms with E-state index in [2.05, 4.69) is 6.07 Å². The van der Waals surface area contributed by atoms with Crippen LogP contribution in [0.3, 0.4) is 0 Å². The lowest BCUT2D eigenvalue weighted by molar-refractivity contribution is 0.345. The lowest BCUT2D eigenvalue weighted by atomic mass is 10.1. The van der Waals surface area contributed by atoms with E-state index in [1.54, 1.807) is 12.1 Å². The van der Waals surface area contributed by atoms with E-state index in [9.17, 15) is 4.39 Å². The Bertz CT molecular complexity index is 344. The first-order valence-electron chi connectivity index (χ1n) is 5.03. The van der Waals surface area contributed by atoms with Crippen molar-refractivity contribution in [2.45, 2.75) is 12.8 Å². The van der Waals surface area contributed by atoms with Crippen molar-refractivity contribution in [3.63, 3.8) is 0 Å². The zero-order valence-corrected chi connectivity index (χ0v) is 8.91. The maximum Gasteiger partial charge on any atom is 0.126 e. The van der Waals surface area contributed by atoms with Gasteiger partial charge in [-0.3, -0.25) is 0 Å². The van der Waals surface area contributed by atoms with E-state index in [0.29, 0.717) is 12.8 Å².